The van der Waals surface area contributed by atoms with E-state index in [0.717, 1.165) is 44.6 Å². The van der Waals surface area contributed by atoms with Crippen molar-refractivity contribution in [2.24, 2.45) is 11.7 Å². The number of thiazole rings is 1. The number of hydrogen-bond donors (Lipinski definition) is 1. The van der Waals surface area contributed by atoms with Crippen molar-refractivity contribution >= 4 is 17.2 Å². The van der Waals surface area contributed by atoms with Crippen LogP contribution >= 0.6 is 11.3 Å². The second-order valence-corrected chi connectivity index (χ2v) is 8.14. The van der Waals surface area contributed by atoms with Gasteiger partial charge in [-0.1, -0.05) is 24.3 Å². The highest BCUT2D eigenvalue weighted by Gasteiger charge is 2.40. The third kappa shape index (κ3) is 3.82. The SMILES string of the molecule is NCCc1ccc(CN2C[C@H]3CC[C@@H](C2)N(Cc2cscn2)C3=O)cc1. The van der Waals surface area contributed by atoms with Crippen LogP contribution in [-0.4, -0.2) is 46.4 Å². The van der Waals surface area contributed by atoms with Crippen LogP contribution in [0.1, 0.15) is 29.7 Å². The topological polar surface area (TPSA) is 62.5 Å². The van der Waals surface area contributed by atoms with Gasteiger partial charge in [-0.3, -0.25) is 9.69 Å². The summed E-state index contributed by atoms with van der Waals surface area (Å²) in [4.78, 5) is 21.8. The molecule has 1 aromatic heterocycles. The minimum Gasteiger partial charge on any atom is -0.332 e. The monoisotopic (exact) mass is 370 g/mol. The van der Waals surface area contributed by atoms with Crippen LogP contribution in [0.3, 0.4) is 0 Å². The molecule has 4 heterocycles. The summed E-state index contributed by atoms with van der Waals surface area (Å²) in [6, 6.07) is 9.06. The summed E-state index contributed by atoms with van der Waals surface area (Å²) in [5.74, 6) is 0.443. The first-order valence-electron chi connectivity index (χ1n) is 9.40. The van der Waals surface area contributed by atoms with Crippen LogP contribution in [0, 0.1) is 5.92 Å². The molecule has 0 unspecified atom stereocenters. The van der Waals surface area contributed by atoms with Crippen LogP contribution in [0.4, 0.5) is 0 Å². The largest absolute Gasteiger partial charge is 0.332 e. The summed E-state index contributed by atoms with van der Waals surface area (Å²) in [6.45, 7) is 4.08. The fourth-order valence-electron chi connectivity index (χ4n) is 4.19. The van der Waals surface area contributed by atoms with Gasteiger partial charge in [-0.05, 0) is 36.9 Å². The van der Waals surface area contributed by atoms with E-state index in [9.17, 15) is 4.79 Å². The molecule has 1 amide bonds. The van der Waals surface area contributed by atoms with Gasteiger partial charge in [-0.2, -0.15) is 0 Å². The van der Waals surface area contributed by atoms with E-state index in [1.165, 1.54) is 11.1 Å². The minimum atomic E-state index is 0.129. The summed E-state index contributed by atoms with van der Waals surface area (Å²) in [5.41, 5.74) is 11.1. The Hall–Kier alpha value is -1.76. The first-order valence-corrected chi connectivity index (χ1v) is 10.3. The number of rotatable bonds is 6. The van der Waals surface area contributed by atoms with Crippen molar-refractivity contribution in [2.45, 2.75) is 38.4 Å². The zero-order valence-electron chi connectivity index (χ0n) is 15.0. The van der Waals surface area contributed by atoms with E-state index in [2.05, 4.69) is 39.0 Å². The Bertz CT molecular complexity index is 731. The van der Waals surface area contributed by atoms with Gasteiger partial charge in [0.2, 0.25) is 5.91 Å². The number of hydrogen-bond acceptors (Lipinski definition) is 5. The average molecular weight is 371 g/mol. The fraction of sp³-hybridized carbons (Fsp3) is 0.500. The summed E-state index contributed by atoms with van der Waals surface area (Å²) < 4.78 is 0. The van der Waals surface area contributed by atoms with Crippen molar-refractivity contribution in [3.05, 3.63) is 52.0 Å². The summed E-state index contributed by atoms with van der Waals surface area (Å²) >= 11 is 1.59. The number of carbonyl (C=O) groups is 1. The molecule has 2 bridgehead atoms. The Kier molecular flexibility index (Phi) is 5.33. The van der Waals surface area contributed by atoms with Gasteiger partial charge in [-0.25, -0.2) is 4.98 Å². The molecular formula is C20H26N4OS. The molecule has 0 saturated carbocycles. The van der Waals surface area contributed by atoms with Crippen LogP contribution in [0.2, 0.25) is 0 Å². The van der Waals surface area contributed by atoms with Gasteiger partial charge in [0.25, 0.3) is 0 Å². The number of aromatic nitrogens is 1. The summed E-state index contributed by atoms with van der Waals surface area (Å²) in [7, 11) is 0. The van der Waals surface area contributed by atoms with Crippen molar-refractivity contribution < 1.29 is 4.79 Å². The first-order chi connectivity index (χ1) is 12.7. The van der Waals surface area contributed by atoms with Gasteiger partial charge in [-0.15, -0.1) is 11.3 Å². The molecule has 0 aliphatic carbocycles. The maximum atomic E-state index is 12.9. The lowest BCUT2D eigenvalue weighted by Gasteiger charge is -2.35. The molecule has 0 radical (unpaired) electrons. The van der Waals surface area contributed by atoms with E-state index in [0.29, 0.717) is 25.0 Å². The highest BCUT2D eigenvalue weighted by Crippen LogP contribution is 2.31. The predicted molar refractivity (Wildman–Crippen MR) is 104 cm³/mol. The molecule has 26 heavy (non-hydrogen) atoms. The normalized spacial score (nSPS) is 23.4. The highest BCUT2D eigenvalue weighted by atomic mass is 32.1. The lowest BCUT2D eigenvalue weighted by Crippen LogP contribution is -2.47. The predicted octanol–water partition coefficient (Wildman–Crippen LogP) is 2.27. The van der Waals surface area contributed by atoms with Crippen LogP contribution in [0.15, 0.2) is 35.2 Å². The van der Waals surface area contributed by atoms with E-state index in [1.54, 1.807) is 11.3 Å². The number of piperidine rings is 1. The molecule has 138 valence electrons. The Balaban J connectivity index is 1.44. The van der Waals surface area contributed by atoms with Gasteiger partial charge < -0.3 is 10.6 Å². The molecule has 6 heteroatoms. The molecular weight excluding hydrogens is 344 g/mol. The van der Waals surface area contributed by atoms with Crippen LogP contribution in [-0.2, 0) is 24.3 Å². The maximum absolute atomic E-state index is 12.9. The second-order valence-electron chi connectivity index (χ2n) is 7.42. The summed E-state index contributed by atoms with van der Waals surface area (Å²) in [6.07, 6.45) is 3.05. The lowest BCUT2D eigenvalue weighted by molar-refractivity contribution is -0.140. The molecule has 0 spiro atoms. The lowest BCUT2D eigenvalue weighted by atomic mass is 9.94. The van der Waals surface area contributed by atoms with Gasteiger partial charge >= 0.3 is 0 Å². The van der Waals surface area contributed by atoms with Crippen LogP contribution in [0.25, 0.3) is 0 Å². The quantitative estimate of drug-likeness (QED) is 0.847. The average Bonchev–Trinajstić information content (AvgIpc) is 3.03. The number of benzene rings is 1. The number of nitrogens with zero attached hydrogens (tertiary/aromatic N) is 3. The molecule has 2 atom stereocenters. The van der Waals surface area contributed by atoms with Crippen molar-refractivity contribution in [1.82, 2.24) is 14.8 Å². The number of amides is 1. The van der Waals surface area contributed by atoms with E-state index in [1.807, 2.05) is 10.9 Å². The molecule has 3 aliphatic rings. The maximum Gasteiger partial charge on any atom is 0.227 e. The molecule has 3 aliphatic heterocycles. The van der Waals surface area contributed by atoms with Crippen LogP contribution in [0.5, 0.6) is 0 Å². The zero-order valence-corrected chi connectivity index (χ0v) is 15.8. The molecule has 3 fully saturated rings. The molecule has 5 rings (SSSR count). The zero-order chi connectivity index (χ0) is 17.9. The number of fused-ring (bicyclic) bond motifs is 4. The number of carbonyl (C=O) groups excluding carboxylic acids is 1. The molecule has 2 N–H and O–H groups in total. The Morgan fingerprint density at radius 3 is 2.65 bits per heavy atom. The van der Waals surface area contributed by atoms with Crippen molar-refractivity contribution in [2.75, 3.05) is 19.6 Å². The highest BCUT2D eigenvalue weighted by molar-refractivity contribution is 7.07. The standard InChI is InChI=1S/C20H26N4OS/c21-8-7-15-1-3-16(4-2-15)9-23-10-17-5-6-19(12-23)24(20(17)25)11-18-13-26-14-22-18/h1-4,13-14,17,19H,5-12,21H2/t17-,19+/m1/s1. The van der Waals surface area contributed by atoms with Gasteiger partial charge in [0.05, 0.1) is 23.7 Å². The number of nitrogens with two attached hydrogens (primary N) is 1. The van der Waals surface area contributed by atoms with Crippen molar-refractivity contribution in [3.63, 3.8) is 0 Å². The van der Waals surface area contributed by atoms with E-state index < -0.39 is 0 Å². The Labute approximate surface area is 158 Å². The molecule has 5 nitrogen and oxygen atoms in total. The van der Waals surface area contributed by atoms with Gasteiger partial charge in [0.1, 0.15) is 0 Å². The van der Waals surface area contributed by atoms with E-state index in [4.69, 9.17) is 5.73 Å². The van der Waals surface area contributed by atoms with E-state index in [-0.39, 0.29) is 5.92 Å². The minimum absolute atomic E-state index is 0.129. The second kappa shape index (κ2) is 7.86. The Morgan fingerprint density at radius 1 is 1.12 bits per heavy atom. The third-order valence-corrected chi connectivity index (χ3v) is 6.18. The first kappa shape index (κ1) is 17.6. The molecule has 2 aromatic rings. The van der Waals surface area contributed by atoms with Gasteiger partial charge in [0, 0.05) is 31.1 Å². The summed E-state index contributed by atoms with van der Waals surface area (Å²) in [5, 5.41) is 2.05. The fourth-order valence-corrected chi connectivity index (χ4v) is 4.74. The van der Waals surface area contributed by atoms with E-state index >= 15 is 0 Å². The Morgan fingerprint density at radius 2 is 1.92 bits per heavy atom. The molecule has 1 aromatic carbocycles. The van der Waals surface area contributed by atoms with Crippen molar-refractivity contribution in [3.8, 4) is 0 Å². The smallest absolute Gasteiger partial charge is 0.227 e. The molecule has 3 saturated heterocycles. The van der Waals surface area contributed by atoms with Crippen molar-refractivity contribution in [1.29, 1.82) is 0 Å². The van der Waals surface area contributed by atoms with Crippen LogP contribution < -0.4 is 5.73 Å². The third-order valence-electron chi connectivity index (χ3n) is 5.55. The van der Waals surface area contributed by atoms with Gasteiger partial charge in [0.15, 0.2) is 0 Å².